The number of nitrogens with zero attached hydrogens (tertiary/aromatic N) is 2. The van der Waals surface area contributed by atoms with Gasteiger partial charge in [0.25, 0.3) is 5.91 Å². The number of carboxylic acids is 1. The Bertz CT molecular complexity index is 702. The zero-order valence-corrected chi connectivity index (χ0v) is 14.3. The van der Waals surface area contributed by atoms with E-state index < -0.39 is 16.0 Å². The fourth-order valence-corrected chi connectivity index (χ4v) is 3.28. The molecule has 1 amide bonds. The minimum atomic E-state index is -3.25. The summed E-state index contributed by atoms with van der Waals surface area (Å²) in [5, 5.41) is 8.85. The molecule has 132 valence electrons. The number of pyridine rings is 1. The fraction of sp³-hybridized carbons (Fsp3) is 0.533. The summed E-state index contributed by atoms with van der Waals surface area (Å²) in [5.41, 5.74) is 0.224. The van der Waals surface area contributed by atoms with Gasteiger partial charge < -0.3 is 10.0 Å². The molecule has 1 aromatic heterocycles. The average molecular weight is 355 g/mol. The third kappa shape index (κ3) is 5.00. The van der Waals surface area contributed by atoms with Crippen LogP contribution < -0.4 is 4.72 Å². The maximum atomic E-state index is 12.7. The fourth-order valence-electron chi connectivity index (χ4n) is 2.79. The van der Waals surface area contributed by atoms with Crippen molar-refractivity contribution in [1.29, 1.82) is 0 Å². The number of nitrogens with one attached hydrogen (secondary N) is 1. The average Bonchev–Trinajstić information content (AvgIpc) is 2.53. The lowest BCUT2D eigenvalue weighted by molar-refractivity contribution is 0.0601. The highest BCUT2D eigenvalue weighted by Crippen LogP contribution is 2.21. The van der Waals surface area contributed by atoms with Gasteiger partial charge in [0, 0.05) is 25.3 Å². The highest BCUT2D eigenvalue weighted by molar-refractivity contribution is 7.88. The molecule has 0 saturated carbocycles. The maximum absolute atomic E-state index is 12.7. The Morgan fingerprint density at radius 1 is 1.38 bits per heavy atom. The number of sulfonamides is 1. The first kappa shape index (κ1) is 18.3. The highest BCUT2D eigenvalue weighted by Gasteiger charge is 2.27. The zero-order valence-electron chi connectivity index (χ0n) is 13.4. The highest BCUT2D eigenvalue weighted by atomic mass is 32.2. The molecule has 1 aromatic rings. The van der Waals surface area contributed by atoms with Crippen LogP contribution in [0.5, 0.6) is 0 Å². The maximum Gasteiger partial charge on any atom is 0.354 e. The topological polar surface area (TPSA) is 117 Å². The Hall–Kier alpha value is -2.00. The smallest absolute Gasteiger partial charge is 0.354 e. The van der Waals surface area contributed by atoms with Gasteiger partial charge in [0.2, 0.25) is 10.0 Å². The molecule has 0 radical (unpaired) electrons. The van der Waals surface area contributed by atoms with E-state index in [4.69, 9.17) is 5.11 Å². The van der Waals surface area contributed by atoms with Crippen LogP contribution in [0.3, 0.4) is 0 Å². The van der Waals surface area contributed by atoms with Crippen LogP contribution in [0.1, 0.15) is 46.5 Å². The van der Waals surface area contributed by atoms with Gasteiger partial charge >= 0.3 is 5.97 Å². The molecule has 0 bridgehead atoms. The summed E-state index contributed by atoms with van der Waals surface area (Å²) >= 11 is 0. The number of hydrogen-bond donors (Lipinski definition) is 2. The standard InChI is InChI=1S/C15H21N3O5S/c1-24(22,23)17-8-7-12-4-2-3-9-18(12)14(19)11-5-6-13(15(20)21)16-10-11/h5-6,10,12,17H,2-4,7-9H2,1H3,(H,20,21). The number of hydrogen-bond acceptors (Lipinski definition) is 5. The Morgan fingerprint density at radius 3 is 2.71 bits per heavy atom. The molecule has 1 aliphatic heterocycles. The summed E-state index contributed by atoms with van der Waals surface area (Å²) in [6.07, 6.45) is 5.61. The van der Waals surface area contributed by atoms with Gasteiger partial charge in [-0.2, -0.15) is 0 Å². The van der Waals surface area contributed by atoms with Gasteiger partial charge in [-0.15, -0.1) is 0 Å². The lowest BCUT2D eigenvalue weighted by Gasteiger charge is -2.36. The van der Waals surface area contributed by atoms with Crippen LogP contribution in [0.15, 0.2) is 18.3 Å². The number of likely N-dealkylation sites (tertiary alicyclic amines) is 1. The van der Waals surface area contributed by atoms with Crippen molar-refractivity contribution in [2.75, 3.05) is 19.3 Å². The quantitative estimate of drug-likeness (QED) is 0.776. The second-order valence-electron chi connectivity index (χ2n) is 5.84. The second kappa shape index (κ2) is 7.71. The summed E-state index contributed by atoms with van der Waals surface area (Å²) < 4.78 is 24.7. The van der Waals surface area contributed by atoms with Crippen LogP contribution in [0, 0.1) is 0 Å². The van der Waals surface area contributed by atoms with Crippen molar-refractivity contribution in [1.82, 2.24) is 14.6 Å². The van der Waals surface area contributed by atoms with Crippen LogP contribution in [0.2, 0.25) is 0 Å². The van der Waals surface area contributed by atoms with Crippen molar-refractivity contribution < 1.29 is 23.1 Å². The Kier molecular flexibility index (Phi) is 5.89. The predicted molar refractivity (Wildman–Crippen MR) is 87.3 cm³/mol. The Labute approximate surface area is 140 Å². The molecule has 24 heavy (non-hydrogen) atoms. The molecule has 1 fully saturated rings. The van der Waals surface area contributed by atoms with Gasteiger partial charge in [-0.05, 0) is 37.8 Å². The molecule has 9 heteroatoms. The van der Waals surface area contributed by atoms with Crippen LogP contribution in [0.4, 0.5) is 0 Å². The predicted octanol–water partition coefficient (Wildman–Crippen LogP) is 0.714. The van der Waals surface area contributed by atoms with Crippen LogP contribution in [-0.2, 0) is 10.0 Å². The van der Waals surface area contributed by atoms with E-state index in [2.05, 4.69) is 9.71 Å². The van der Waals surface area contributed by atoms with Gasteiger partial charge in [0.1, 0.15) is 5.69 Å². The zero-order chi connectivity index (χ0) is 17.7. The summed E-state index contributed by atoms with van der Waals surface area (Å²) in [5.74, 6) is -1.35. The van der Waals surface area contributed by atoms with Crippen molar-refractivity contribution in [3.8, 4) is 0 Å². The first-order valence-corrected chi connectivity index (χ1v) is 9.62. The van der Waals surface area contributed by atoms with Crippen LogP contribution in [-0.4, -0.2) is 60.7 Å². The third-order valence-corrected chi connectivity index (χ3v) is 4.69. The molecular formula is C15H21N3O5S. The number of carbonyl (C=O) groups is 2. The van der Waals surface area contributed by atoms with E-state index in [0.717, 1.165) is 25.5 Å². The Balaban J connectivity index is 2.05. The summed E-state index contributed by atoms with van der Waals surface area (Å²) in [6.45, 7) is 0.881. The van der Waals surface area contributed by atoms with Gasteiger partial charge in [-0.1, -0.05) is 0 Å². The number of rotatable bonds is 6. The second-order valence-corrected chi connectivity index (χ2v) is 7.67. The van der Waals surface area contributed by atoms with E-state index in [0.29, 0.717) is 18.5 Å². The summed E-state index contributed by atoms with van der Waals surface area (Å²) in [7, 11) is -3.25. The first-order chi connectivity index (χ1) is 11.3. The van der Waals surface area contributed by atoms with E-state index in [1.807, 2.05) is 0 Å². The van der Waals surface area contributed by atoms with E-state index >= 15 is 0 Å². The van der Waals surface area contributed by atoms with Gasteiger partial charge in [-0.25, -0.2) is 22.9 Å². The SMILES string of the molecule is CS(=O)(=O)NCCC1CCCCN1C(=O)c1ccc(C(=O)O)nc1. The van der Waals surface area contributed by atoms with Crippen LogP contribution >= 0.6 is 0 Å². The summed E-state index contributed by atoms with van der Waals surface area (Å²) in [4.78, 5) is 29.0. The Morgan fingerprint density at radius 2 is 2.12 bits per heavy atom. The molecule has 2 heterocycles. The molecule has 2 N–H and O–H groups in total. The van der Waals surface area contributed by atoms with Gasteiger partial charge in [-0.3, -0.25) is 4.79 Å². The molecule has 0 aromatic carbocycles. The number of amides is 1. The molecule has 2 rings (SSSR count). The van der Waals surface area contributed by atoms with Crippen molar-refractivity contribution >= 4 is 21.9 Å². The third-order valence-electron chi connectivity index (χ3n) is 3.96. The minimum Gasteiger partial charge on any atom is -0.477 e. The van der Waals surface area contributed by atoms with Crippen molar-refractivity contribution in [2.24, 2.45) is 0 Å². The van der Waals surface area contributed by atoms with Gasteiger partial charge in [0.05, 0.1) is 11.8 Å². The number of carbonyl (C=O) groups excluding carboxylic acids is 1. The summed E-state index contributed by atoms with van der Waals surface area (Å²) in [6, 6.07) is 2.72. The van der Waals surface area contributed by atoms with E-state index in [-0.39, 0.29) is 24.2 Å². The molecular weight excluding hydrogens is 334 g/mol. The lowest BCUT2D eigenvalue weighted by atomic mass is 9.98. The number of carboxylic acid groups (broad SMARTS) is 1. The molecule has 8 nitrogen and oxygen atoms in total. The number of aromatic carboxylic acids is 1. The normalized spacial score (nSPS) is 18.4. The number of piperidine rings is 1. The van der Waals surface area contributed by atoms with Crippen molar-refractivity contribution in [3.05, 3.63) is 29.6 Å². The van der Waals surface area contributed by atoms with E-state index in [9.17, 15) is 18.0 Å². The molecule has 1 unspecified atom stereocenters. The van der Waals surface area contributed by atoms with Crippen molar-refractivity contribution in [2.45, 2.75) is 31.7 Å². The molecule has 0 spiro atoms. The van der Waals surface area contributed by atoms with Crippen LogP contribution in [0.25, 0.3) is 0 Å². The lowest BCUT2D eigenvalue weighted by Crippen LogP contribution is -2.45. The minimum absolute atomic E-state index is 0.0420. The first-order valence-electron chi connectivity index (χ1n) is 7.73. The van der Waals surface area contributed by atoms with E-state index in [1.54, 1.807) is 4.90 Å². The van der Waals surface area contributed by atoms with Gasteiger partial charge in [0.15, 0.2) is 0 Å². The van der Waals surface area contributed by atoms with Crippen molar-refractivity contribution in [3.63, 3.8) is 0 Å². The van der Waals surface area contributed by atoms with E-state index in [1.165, 1.54) is 18.3 Å². The molecule has 0 aliphatic carbocycles. The molecule has 1 saturated heterocycles. The monoisotopic (exact) mass is 355 g/mol. The molecule has 1 atom stereocenters. The largest absolute Gasteiger partial charge is 0.477 e. The number of aromatic nitrogens is 1. The molecule has 1 aliphatic rings.